The van der Waals surface area contributed by atoms with Crippen LogP contribution in [0.5, 0.6) is 0 Å². The first kappa shape index (κ1) is 14.0. The number of aryl methyl sites for hydroxylation is 1. The van der Waals surface area contributed by atoms with Gasteiger partial charge in [0.25, 0.3) is 0 Å². The van der Waals surface area contributed by atoms with Gasteiger partial charge >= 0.3 is 0 Å². The van der Waals surface area contributed by atoms with Crippen molar-refractivity contribution >= 4 is 11.8 Å². The van der Waals surface area contributed by atoms with E-state index in [1.54, 1.807) is 7.11 Å². The van der Waals surface area contributed by atoms with E-state index in [0.29, 0.717) is 25.3 Å². The molecule has 106 valence electrons. The highest BCUT2D eigenvalue weighted by Gasteiger charge is 2.21. The van der Waals surface area contributed by atoms with Crippen LogP contribution in [-0.2, 0) is 9.47 Å². The number of methoxy groups -OCH3 is 1. The summed E-state index contributed by atoms with van der Waals surface area (Å²) in [5.41, 5.74) is 6.59. The van der Waals surface area contributed by atoms with E-state index in [1.807, 2.05) is 13.0 Å². The van der Waals surface area contributed by atoms with Gasteiger partial charge in [-0.1, -0.05) is 0 Å². The molecule has 0 aliphatic carbocycles. The molecule has 1 aliphatic heterocycles. The Morgan fingerprint density at radius 3 is 2.68 bits per heavy atom. The highest BCUT2D eigenvalue weighted by atomic mass is 16.5. The fourth-order valence-corrected chi connectivity index (χ4v) is 2.29. The van der Waals surface area contributed by atoms with Crippen LogP contribution in [0.3, 0.4) is 0 Å². The zero-order valence-corrected chi connectivity index (χ0v) is 11.6. The lowest BCUT2D eigenvalue weighted by Gasteiger charge is -2.32. The predicted molar refractivity (Wildman–Crippen MR) is 74.2 cm³/mol. The van der Waals surface area contributed by atoms with Crippen LogP contribution in [0, 0.1) is 6.92 Å². The molecule has 6 heteroatoms. The molecular weight excluding hydrogens is 244 g/mol. The minimum Gasteiger partial charge on any atom is -0.382 e. The number of hydrogen-bond acceptors (Lipinski definition) is 6. The molecule has 2 rings (SSSR count). The predicted octanol–water partition coefficient (Wildman–Crippen LogP) is 0.999. The standard InChI is InChI=1S/C13H22N4O2/c1-10-9-12(16-13(14)15-10)17-5-3-11(4-6-17)19-8-7-18-2/h9,11H,3-8H2,1-2H3,(H2,14,15,16). The molecule has 1 aromatic rings. The Balaban J connectivity index is 1.85. The van der Waals surface area contributed by atoms with Gasteiger partial charge < -0.3 is 20.1 Å². The summed E-state index contributed by atoms with van der Waals surface area (Å²) in [4.78, 5) is 10.6. The summed E-state index contributed by atoms with van der Waals surface area (Å²) in [7, 11) is 1.69. The normalized spacial score (nSPS) is 16.8. The van der Waals surface area contributed by atoms with Gasteiger partial charge in [0.15, 0.2) is 0 Å². The Morgan fingerprint density at radius 2 is 2.05 bits per heavy atom. The van der Waals surface area contributed by atoms with Crippen molar-refractivity contribution in [1.82, 2.24) is 9.97 Å². The number of ether oxygens (including phenoxy) is 2. The largest absolute Gasteiger partial charge is 0.382 e. The second kappa shape index (κ2) is 6.68. The molecule has 0 radical (unpaired) electrons. The van der Waals surface area contributed by atoms with Gasteiger partial charge in [-0.25, -0.2) is 4.98 Å². The second-order valence-electron chi connectivity index (χ2n) is 4.78. The lowest BCUT2D eigenvalue weighted by molar-refractivity contribution is 0.00604. The molecule has 1 aliphatic rings. The molecule has 0 bridgehead atoms. The van der Waals surface area contributed by atoms with E-state index in [4.69, 9.17) is 15.2 Å². The Bertz CT molecular complexity index is 385. The van der Waals surface area contributed by atoms with Gasteiger partial charge in [-0.05, 0) is 19.8 Å². The fraction of sp³-hybridized carbons (Fsp3) is 0.692. The molecule has 1 aromatic heterocycles. The van der Waals surface area contributed by atoms with Gasteiger partial charge in [0.05, 0.1) is 19.3 Å². The molecule has 2 N–H and O–H groups in total. The van der Waals surface area contributed by atoms with E-state index >= 15 is 0 Å². The fourth-order valence-electron chi connectivity index (χ4n) is 2.29. The third-order valence-corrected chi connectivity index (χ3v) is 3.26. The number of rotatable bonds is 5. The number of piperidine rings is 1. The van der Waals surface area contributed by atoms with Crippen LogP contribution in [0.4, 0.5) is 11.8 Å². The molecule has 0 atom stereocenters. The van der Waals surface area contributed by atoms with Crippen molar-refractivity contribution in [3.05, 3.63) is 11.8 Å². The van der Waals surface area contributed by atoms with Crippen LogP contribution in [0.15, 0.2) is 6.07 Å². The number of nitrogen functional groups attached to an aromatic ring is 1. The van der Waals surface area contributed by atoms with Crippen LogP contribution in [0.1, 0.15) is 18.5 Å². The van der Waals surface area contributed by atoms with E-state index in [0.717, 1.165) is 37.4 Å². The monoisotopic (exact) mass is 266 g/mol. The van der Waals surface area contributed by atoms with Crippen molar-refractivity contribution in [3.63, 3.8) is 0 Å². The summed E-state index contributed by atoms with van der Waals surface area (Å²) in [5, 5.41) is 0. The van der Waals surface area contributed by atoms with Crippen molar-refractivity contribution < 1.29 is 9.47 Å². The van der Waals surface area contributed by atoms with Crippen molar-refractivity contribution in [2.45, 2.75) is 25.9 Å². The van der Waals surface area contributed by atoms with Gasteiger partial charge in [0.1, 0.15) is 5.82 Å². The van der Waals surface area contributed by atoms with Crippen LogP contribution < -0.4 is 10.6 Å². The molecule has 1 fully saturated rings. The molecule has 0 saturated carbocycles. The zero-order valence-electron chi connectivity index (χ0n) is 11.6. The minimum absolute atomic E-state index is 0.326. The average Bonchev–Trinajstić information content (AvgIpc) is 2.39. The molecule has 6 nitrogen and oxygen atoms in total. The summed E-state index contributed by atoms with van der Waals surface area (Å²) < 4.78 is 10.7. The topological polar surface area (TPSA) is 73.5 Å². The molecule has 0 spiro atoms. The lowest BCUT2D eigenvalue weighted by atomic mass is 10.1. The molecule has 2 heterocycles. The van der Waals surface area contributed by atoms with E-state index in [2.05, 4.69) is 14.9 Å². The maximum Gasteiger partial charge on any atom is 0.222 e. The number of hydrogen-bond donors (Lipinski definition) is 1. The number of nitrogens with two attached hydrogens (primary N) is 1. The van der Waals surface area contributed by atoms with Crippen LogP contribution >= 0.6 is 0 Å². The van der Waals surface area contributed by atoms with Gasteiger partial charge in [0.2, 0.25) is 5.95 Å². The number of aromatic nitrogens is 2. The molecule has 0 aromatic carbocycles. The SMILES string of the molecule is COCCOC1CCN(c2cc(C)nc(N)n2)CC1. The quantitative estimate of drug-likeness (QED) is 0.801. The van der Waals surface area contributed by atoms with Crippen LogP contribution in [-0.4, -0.2) is 49.5 Å². The molecule has 0 amide bonds. The van der Waals surface area contributed by atoms with Gasteiger partial charge in [0, 0.05) is 32.0 Å². The first-order valence-corrected chi connectivity index (χ1v) is 6.65. The number of anilines is 2. The Morgan fingerprint density at radius 1 is 1.32 bits per heavy atom. The highest BCUT2D eigenvalue weighted by molar-refractivity contribution is 5.43. The summed E-state index contributed by atoms with van der Waals surface area (Å²) in [6.45, 7) is 5.13. The maximum atomic E-state index is 5.75. The third-order valence-electron chi connectivity index (χ3n) is 3.26. The van der Waals surface area contributed by atoms with Crippen molar-refractivity contribution in [2.24, 2.45) is 0 Å². The first-order valence-electron chi connectivity index (χ1n) is 6.65. The Labute approximate surface area is 113 Å². The van der Waals surface area contributed by atoms with Gasteiger partial charge in [-0.15, -0.1) is 0 Å². The minimum atomic E-state index is 0.326. The average molecular weight is 266 g/mol. The summed E-state index contributed by atoms with van der Waals surface area (Å²) in [5.74, 6) is 1.26. The van der Waals surface area contributed by atoms with E-state index < -0.39 is 0 Å². The highest BCUT2D eigenvalue weighted by Crippen LogP contribution is 2.20. The third kappa shape index (κ3) is 4.04. The Kier molecular flexibility index (Phi) is 4.93. The molecule has 19 heavy (non-hydrogen) atoms. The van der Waals surface area contributed by atoms with Crippen LogP contribution in [0.2, 0.25) is 0 Å². The summed E-state index contributed by atoms with van der Waals surface area (Å²) in [6, 6.07) is 1.97. The van der Waals surface area contributed by atoms with E-state index in [1.165, 1.54) is 0 Å². The first-order chi connectivity index (χ1) is 9.19. The van der Waals surface area contributed by atoms with E-state index in [-0.39, 0.29) is 0 Å². The number of nitrogens with zero attached hydrogens (tertiary/aromatic N) is 3. The van der Waals surface area contributed by atoms with Crippen molar-refractivity contribution in [2.75, 3.05) is 44.0 Å². The second-order valence-corrected chi connectivity index (χ2v) is 4.78. The molecular formula is C13H22N4O2. The van der Waals surface area contributed by atoms with Gasteiger partial charge in [-0.2, -0.15) is 4.98 Å². The maximum absolute atomic E-state index is 5.75. The van der Waals surface area contributed by atoms with E-state index in [9.17, 15) is 0 Å². The van der Waals surface area contributed by atoms with Crippen molar-refractivity contribution in [1.29, 1.82) is 0 Å². The lowest BCUT2D eigenvalue weighted by Crippen LogP contribution is -2.38. The summed E-state index contributed by atoms with van der Waals surface area (Å²) >= 11 is 0. The van der Waals surface area contributed by atoms with Gasteiger partial charge in [-0.3, -0.25) is 0 Å². The smallest absolute Gasteiger partial charge is 0.222 e. The summed E-state index contributed by atoms with van der Waals surface area (Å²) in [6.07, 6.45) is 2.34. The zero-order chi connectivity index (χ0) is 13.7. The van der Waals surface area contributed by atoms with Crippen molar-refractivity contribution in [3.8, 4) is 0 Å². The Hall–Kier alpha value is -1.40. The van der Waals surface area contributed by atoms with Crippen LogP contribution in [0.25, 0.3) is 0 Å². The molecule has 0 unspecified atom stereocenters. The molecule has 1 saturated heterocycles.